The number of carboxylic acids is 1. The average molecular weight is 693 g/mol. The van der Waals surface area contributed by atoms with E-state index < -0.39 is 41.4 Å². The van der Waals surface area contributed by atoms with Crippen LogP contribution in [0.1, 0.15) is 44.9 Å². The minimum Gasteiger partial charge on any atom is -0.481 e. The Morgan fingerprint density at radius 2 is 1.58 bits per heavy atom. The van der Waals surface area contributed by atoms with Crippen molar-refractivity contribution in [2.24, 2.45) is 5.41 Å². The normalized spacial score (nSPS) is 16.9. The van der Waals surface area contributed by atoms with Gasteiger partial charge in [0, 0.05) is 19.5 Å². The van der Waals surface area contributed by atoms with Crippen LogP contribution in [0.5, 0.6) is 0 Å². The zero-order valence-corrected chi connectivity index (χ0v) is 28.9. The summed E-state index contributed by atoms with van der Waals surface area (Å²) in [7, 11) is 0. The lowest BCUT2D eigenvalue weighted by Crippen LogP contribution is -2.58. The third kappa shape index (κ3) is 12.9. The summed E-state index contributed by atoms with van der Waals surface area (Å²) in [5.74, 6) is -2.24. The molecule has 48 heavy (non-hydrogen) atoms. The number of nitrogens with zero attached hydrogens (tertiary/aromatic N) is 2. The lowest BCUT2D eigenvalue weighted by molar-refractivity contribution is -0.144. The SMILES string of the molecule is Cc1ncsc1-c1ccc(CNC(=O)[C@@H]2C[C@@H](O)CN2C(=O)[C@@H](NC(=O)COCCOCCOCCOCCC(=O)O)C(C)(C)C)cc1. The first kappa shape index (κ1) is 39.0. The Kier molecular flexibility index (Phi) is 15.8. The molecule has 0 spiro atoms. The van der Waals surface area contributed by atoms with Gasteiger partial charge in [0.1, 0.15) is 18.7 Å². The van der Waals surface area contributed by atoms with Gasteiger partial charge in [-0.2, -0.15) is 0 Å². The van der Waals surface area contributed by atoms with Gasteiger partial charge in [0.25, 0.3) is 0 Å². The number of carboxylic acid groups (broad SMARTS) is 1. The van der Waals surface area contributed by atoms with Crippen molar-refractivity contribution >= 4 is 35.0 Å². The molecule has 4 N–H and O–H groups in total. The molecule has 1 aromatic carbocycles. The fourth-order valence-corrected chi connectivity index (χ4v) is 5.78. The van der Waals surface area contributed by atoms with Crippen molar-refractivity contribution in [3.63, 3.8) is 0 Å². The summed E-state index contributed by atoms with van der Waals surface area (Å²) in [4.78, 5) is 56.9. The molecule has 0 radical (unpaired) electrons. The van der Waals surface area contributed by atoms with Gasteiger partial charge < -0.3 is 44.7 Å². The van der Waals surface area contributed by atoms with Crippen LogP contribution in [0.15, 0.2) is 29.8 Å². The molecule has 0 saturated carbocycles. The molecule has 0 aliphatic carbocycles. The third-order valence-corrected chi connectivity index (χ3v) is 8.50. The number of amides is 3. The Hall–Kier alpha value is -3.47. The number of carbonyl (C=O) groups excluding carboxylic acids is 3. The zero-order chi connectivity index (χ0) is 35.1. The number of aliphatic carboxylic acids is 1. The summed E-state index contributed by atoms with van der Waals surface area (Å²) in [6.45, 7) is 9.10. The number of thiazole rings is 1. The van der Waals surface area contributed by atoms with E-state index in [-0.39, 0.29) is 58.3 Å². The highest BCUT2D eigenvalue weighted by Crippen LogP contribution is 2.28. The van der Waals surface area contributed by atoms with Crippen LogP contribution in [-0.2, 0) is 44.7 Å². The van der Waals surface area contributed by atoms with Gasteiger partial charge in [0.15, 0.2) is 0 Å². The molecule has 1 fully saturated rings. The smallest absolute Gasteiger partial charge is 0.305 e. The van der Waals surface area contributed by atoms with E-state index in [1.54, 1.807) is 16.8 Å². The quantitative estimate of drug-likeness (QED) is 0.148. The highest BCUT2D eigenvalue weighted by atomic mass is 32.1. The number of aliphatic hydroxyl groups is 1. The lowest BCUT2D eigenvalue weighted by Gasteiger charge is -2.35. The molecule has 1 aliphatic rings. The van der Waals surface area contributed by atoms with Gasteiger partial charge >= 0.3 is 5.97 Å². The van der Waals surface area contributed by atoms with Crippen molar-refractivity contribution < 1.29 is 48.3 Å². The summed E-state index contributed by atoms with van der Waals surface area (Å²) < 4.78 is 21.3. The summed E-state index contributed by atoms with van der Waals surface area (Å²) in [6.07, 6.45) is -0.822. The molecule has 2 heterocycles. The van der Waals surface area contributed by atoms with Gasteiger partial charge in [-0.15, -0.1) is 11.3 Å². The maximum atomic E-state index is 13.8. The largest absolute Gasteiger partial charge is 0.481 e. The second-order valence-corrected chi connectivity index (χ2v) is 13.3. The average Bonchev–Trinajstić information content (AvgIpc) is 3.65. The van der Waals surface area contributed by atoms with E-state index >= 15 is 0 Å². The first-order valence-corrected chi connectivity index (χ1v) is 16.8. The van der Waals surface area contributed by atoms with Crippen molar-refractivity contribution in [3.05, 3.63) is 41.0 Å². The van der Waals surface area contributed by atoms with Crippen molar-refractivity contribution in [3.8, 4) is 10.4 Å². The van der Waals surface area contributed by atoms with Crippen LogP contribution in [0.2, 0.25) is 0 Å². The first-order valence-electron chi connectivity index (χ1n) is 15.9. The number of hydrogen-bond donors (Lipinski definition) is 4. The third-order valence-electron chi connectivity index (χ3n) is 7.52. The van der Waals surface area contributed by atoms with E-state index in [1.165, 1.54) is 4.90 Å². The van der Waals surface area contributed by atoms with Crippen LogP contribution in [0.3, 0.4) is 0 Å². The van der Waals surface area contributed by atoms with E-state index in [4.69, 9.17) is 24.1 Å². The van der Waals surface area contributed by atoms with Crippen LogP contribution < -0.4 is 10.6 Å². The number of nitrogens with one attached hydrogen (secondary N) is 2. The molecular weight excluding hydrogens is 644 g/mol. The Morgan fingerprint density at radius 1 is 0.979 bits per heavy atom. The van der Waals surface area contributed by atoms with Gasteiger partial charge in [-0.3, -0.25) is 19.2 Å². The number of β-amino-alcohol motifs (C(OH)–C–C–N with tert-alkyl or cyclic N) is 1. The summed E-state index contributed by atoms with van der Waals surface area (Å²) in [5.41, 5.74) is 4.01. The molecule has 0 bridgehead atoms. The minimum atomic E-state index is -0.960. The molecule has 15 heteroatoms. The topological polar surface area (TPSA) is 186 Å². The molecule has 3 rings (SSSR count). The summed E-state index contributed by atoms with van der Waals surface area (Å²) >= 11 is 1.57. The number of ether oxygens (including phenoxy) is 4. The fourth-order valence-electron chi connectivity index (χ4n) is 4.97. The number of aryl methyl sites for hydroxylation is 1. The number of hydrogen-bond acceptors (Lipinski definition) is 11. The molecule has 3 atom stereocenters. The van der Waals surface area contributed by atoms with E-state index in [0.717, 1.165) is 21.7 Å². The number of benzene rings is 1. The lowest BCUT2D eigenvalue weighted by atomic mass is 9.85. The van der Waals surface area contributed by atoms with Gasteiger partial charge in [-0.1, -0.05) is 45.0 Å². The van der Waals surface area contributed by atoms with Crippen LogP contribution in [-0.4, -0.2) is 121 Å². The second kappa shape index (κ2) is 19.5. The highest BCUT2D eigenvalue weighted by Gasteiger charge is 2.44. The van der Waals surface area contributed by atoms with Crippen molar-refractivity contribution in [1.29, 1.82) is 0 Å². The molecular formula is C33H48N4O10S. The van der Waals surface area contributed by atoms with Gasteiger partial charge in [0.2, 0.25) is 17.7 Å². The molecule has 1 saturated heterocycles. The standard InChI is InChI=1S/C33H48N4O10S/c1-22-29(48-21-35-22)24-7-5-23(6-8-24)18-34-31(42)26-17-25(38)19-37(26)32(43)30(33(2,3)4)36-27(39)20-47-16-15-46-14-13-45-12-11-44-10-9-28(40)41/h5-8,21,25-26,30,38H,9-20H2,1-4H3,(H,34,42)(H,36,39)(H,40,41)/t25-,26+,30-/m1/s1. The van der Waals surface area contributed by atoms with E-state index in [9.17, 15) is 24.3 Å². The predicted octanol–water partition coefficient (Wildman–Crippen LogP) is 1.77. The van der Waals surface area contributed by atoms with Gasteiger partial charge in [-0.25, -0.2) is 4.98 Å². The van der Waals surface area contributed by atoms with Gasteiger partial charge in [-0.05, 0) is 23.5 Å². The highest BCUT2D eigenvalue weighted by molar-refractivity contribution is 7.13. The number of aromatic nitrogens is 1. The number of rotatable bonds is 20. The van der Waals surface area contributed by atoms with Crippen molar-refractivity contribution in [2.75, 3.05) is 59.4 Å². The Balaban J connectivity index is 1.41. The van der Waals surface area contributed by atoms with E-state index in [0.29, 0.717) is 26.4 Å². The molecule has 0 unspecified atom stereocenters. The molecule has 1 aromatic heterocycles. The number of likely N-dealkylation sites (tertiary alicyclic amines) is 1. The molecule has 14 nitrogen and oxygen atoms in total. The van der Waals surface area contributed by atoms with E-state index in [2.05, 4.69) is 15.6 Å². The van der Waals surface area contributed by atoms with Crippen LogP contribution in [0.4, 0.5) is 0 Å². The number of aliphatic hydroxyl groups excluding tert-OH is 1. The first-order chi connectivity index (χ1) is 22.9. The Bertz CT molecular complexity index is 1330. The maximum Gasteiger partial charge on any atom is 0.305 e. The molecule has 3 amide bonds. The molecule has 1 aliphatic heterocycles. The fraction of sp³-hybridized carbons (Fsp3) is 0.606. The monoisotopic (exact) mass is 692 g/mol. The summed E-state index contributed by atoms with van der Waals surface area (Å²) in [5, 5.41) is 24.6. The summed E-state index contributed by atoms with van der Waals surface area (Å²) in [6, 6.07) is 5.99. The zero-order valence-electron chi connectivity index (χ0n) is 28.1. The van der Waals surface area contributed by atoms with Crippen molar-refractivity contribution in [2.45, 2.75) is 65.3 Å². The molecule has 2 aromatic rings. The predicted molar refractivity (Wildman–Crippen MR) is 177 cm³/mol. The van der Waals surface area contributed by atoms with Crippen LogP contribution in [0.25, 0.3) is 10.4 Å². The van der Waals surface area contributed by atoms with E-state index in [1.807, 2.05) is 52.0 Å². The molecule has 266 valence electrons. The van der Waals surface area contributed by atoms with Crippen molar-refractivity contribution in [1.82, 2.24) is 20.5 Å². The minimum absolute atomic E-state index is 0.0163. The maximum absolute atomic E-state index is 13.8. The Labute approximate surface area is 285 Å². The van der Waals surface area contributed by atoms with Crippen LogP contribution in [0, 0.1) is 12.3 Å². The second-order valence-electron chi connectivity index (χ2n) is 12.5. The Morgan fingerprint density at radius 3 is 2.15 bits per heavy atom. The number of carbonyl (C=O) groups is 4. The van der Waals surface area contributed by atoms with Crippen LogP contribution >= 0.6 is 11.3 Å². The van der Waals surface area contributed by atoms with Gasteiger partial charge in [0.05, 0.1) is 74.9 Å².